The molecule has 0 saturated heterocycles. The van der Waals surface area contributed by atoms with Gasteiger partial charge in [-0.1, -0.05) is 6.58 Å². The Balaban J connectivity index is 0. The van der Waals surface area contributed by atoms with Gasteiger partial charge in [0.1, 0.15) is 0 Å². The number of ether oxygens (including phenoxy) is 1. The van der Waals surface area contributed by atoms with Crippen molar-refractivity contribution in [3.63, 3.8) is 0 Å². The van der Waals surface area contributed by atoms with Crippen LogP contribution in [0.1, 0.15) is 13.8 Å². The minimum Gasteiger partial charge on any atom is -0.502 e. The number of carboxylic acids is 1. The molecule has 0 aromatic rings. The number of allylic oxidation sites excluding steroid dienone is 1. The lowest BCUT2D eigenvalue weighted by molar-refractivity contribution is -0.134. The molecule has 0 spiro atoms. The van der Waals surface area contributed by atoms with Crippen molar-refractivity contribution in [2.75, 3.05) is 7.11 Å². The number of aliphatic carboxylic acids is 1. The van der Waals surface area contributed by atoms with E-state index in [2.05, 4.69) is 11.3 Å². The predicted octanol–water partition coefficient (Wildman–Crippen LogP) is 1.26. The van der Waals surface area contributed by atoms with E-state index < -0.39 is 5.97 Å². The molecule has 0 aliphatic carbocycles. The second-order valence-corrected chi connectivity index (χ2v) is 1.43. The molecule has 0 amide bonds. The van der Waals surface area contributed by atoms with Gasteiger partial charge in [-0.15, -0.1) is 0 Å². The Morgan fingerprint density at radius 3 is 1.67 bits per heavy atom. The van der Waals surface area contributed by atoms with Gasteiger partial charge in [0.15, 0.2) is 0 Å². The van der Waals surface area contributed by atoms with Crippen molar-refractivity contribution in [1.82, 2.24) is 0 Å². The van der Waals surface area contributed by atoms with Crippen LogP contribution in [-0.4, -0.2) is 18.2 Å². The highest BCUT2D eigenvalue weighted by molar-refractivity contribution is 5.62. The number of hydrogen-bond acceptors (Lipinski definition) is 2. The van der Waals surface area contributed by atoms with Crippen LogP contribution in [0, 0.1) is 0 Å². The first-order chi connectivity index (χ1) is 4.00. The van der Waals surface area contributed by atoms with Crippen molar-refractivity contribution >= 4 is 5.97 Å². The average Bonchev–Trinajstić information content (AvgIpc) is 1.65. The van der Waals surface area contributed by atoms with Crippen LogP contribution in [0.25, 0.3) is 0 Å². The number of carbonyl (C=O) groups is 1. The summed E-state index contributed by atoms with van der Waals surface area (Å²) in [6.07, 6.45) is 0. The van der Waals surface area contributed by atoms with Crippen LogP contribution in [0.2, 0.25) is 0 Å². The van der Waals surface area contributed by atoms with Gasteiger partial charge in [0.25, 0.3) is 5.97 Å². The molecule has 0 rings (SSSR count). The topological polar surface area (TPSA) is 46.5 Å². The first-order valence-electron chi connectivity index (χ1n) is 2.39. The SMILES string of the molecule is C=C(C)OC.CC(=O)O. The van der Waals surface area contributed by atoms with Gasteiger partial charge in [-0.25, -0.2) is 0 Å². The van der Waals surface area contributed by atoms with Gasteiger partial charge in [-0.2, -0.15) is 0 Å². The third-order valence-corrected chi connectivity index (χ3v) is 0.348. The molecule has 0 aliphatic heterocycles. The molecule has 0 bridgehead atoms. The fourth-order valence-corrected chi connectivity index (χ4v) is 0. The Morgan fingerprint density at radius 2 is 1.67 bits per heavy atom. The zero-order valence-electron chi connectivity index (χ0n) is 5.97. The van der Waals surface area contributed by atoms with Gasteiger partial charge in [0.2, 0.25) is 0 Å². The number of carboxylic acid groups (broad SMARTS) is 1. The Morgan fingerprint density at radius 1 is 1.56 bits per heavy atom. The lowest BCUT2D eigenvalue weighted by atomic mass is 10.7. The van der Waals surface area contributed by atoms with Gasteiger partial charge in [-0.3, -0.25) is 4.79 Å². The lowest BCUT2D eigenvalue weighted by Crippen LogP contribution is -1.78. The summed E-state index contributed by atoms with van der Waals surface area (Å²) in [5.41, 5.74) is 0. The van der Waals surface area contributed by atoms with Gasteiger partial charge < -0.3 is 9.84 Å². The zero-order chi connectivity index (χ0) is 7.86. The third kappa shape index (κ3) is 172. The summed E-state index contributed by atoms with van der Waals surface area (Å²) < 4.78 is 4.56. The molecule has 0 aliphatic rings. The van der Waals surface area contributed by atoms with Crippen LogP contribution in [0.15, 0.2) is 12.3 Å². The van der Waals surface area contributed by atoms with Gasteiger partial charge in [0.05, 0.1) is 12.9 Å². The van der Waals surface area contributed by atoms with Crippen molar-refractivity contribution in [3.05, 3.63) is 12.3 Å². The van der Waals surface area contributed by atoms with Crippen LogP contribution in [0.4, 0.5) is 0 Å². The van der Waals surface area contributed by atoms with Crippen LogP contribution >= 0.6 is 0 Å². The minimum absolute atomic E-state index is 0.755. The standard InChI is InChI=1S/C4H8O.C2H4O2/c1-4(2)5-3;1-2(3)4/h1H2,2-3H3;1H3,(H,3,4). The normalized spacial score (nSPS) is 6.56. The van der Waals surface area contributed by atoms with Crippen molar-refractivity contribution in [3.8, 4) is 0 Å². The van der Waals surface area contributed by atoms with E-state index in [9.17, 15) is 0 Å². The highest BCUT2D eigenvalue weighted by atomic mass is 16.5. The number of hydrogen-bond donors (Lipinski definition) is 1. The van der Waals surface area contributed by atoms with Crippen molar-refractivity contribution in [2.45, 2.75) is 13.8 Å². The average molecular weight is 132 g/mol. The van der Waals surface area contributed by atoms with Crippen LogP contribution in [-0.2, 0) is 9.53 Å². The molecule has 0 heterocycles. The summed E-state index contributed by atoms with van der Waals surface area (Å²) in [5, 5.41) is 7.42. The Hall–Kier alpha value is -0.990. The molecule has 0 saturated carbocycles. The second-order valence-electron chi connectivity index (χ2n) is 1.43. The van der Waals surface area contributed by atoms with Crippen LogP contribution < -0.4 is 0 Å². The first kappa shape index (κ1) is 10.9. The van der Waals surface area contributed by atoms with E-state index in [1.807, 2.05) is 0 Å². The lowest BCUT2D eigenvalue weighted by Gasteiger charge is -1.88. The van der Waals surface area contributed by atoms with Gasteiger partial charge >= 0.3 is 0 Å². The molecular weight excluding hydrogens is 120 g/mol. The predicted molar refractivity (Wildman–Crippen MR) is 35.1 cm³/mol. The van der Waals surface area contributed by atoms with E-state index in [1.165, 1.54) is 0 Å². The van der Waals surface area contributed by atoms with Crippen molar-refractivity contribution < 1.29 is 14.6 Å². The highest BCUT2D eigenvalue weighted by Gasteiger charge is 1.65. The molecule has 1 N–H and O–H groups in total. The molecule has 3 nitrogen and oxygen atoms in total. The largest absolute Gasteiger partial charge is 0.502 e. The Labute approximate surface area is 54.9 Å². The fourth-order valence-electron chi connectivity index (χ4n) is 0. The summed E-state index contributed by atoms with van der Waals surface area (Å²) in [6, 6.07) is 0. The molecule has 0 fully saturated rings. The highest BCUT2D eigenvalue weighted by Crippen LogP contribution is 1.80. The van der Waals surface area contributed by atoms with E-state index >= 15 is 0 Å². The van der Waals surface area contributed by atoms with Crippen LogP contribution in [0.5, 0.6) is 0 Å². The molecule has 0 unspecified atom stereocenters. The van der Waals surface area contributed by atoms with E-state index in [1.54, 1.807) is 14.0 Å². The molecule has 0 radical (unpaired) electrons. The Bertz CT molecular complexity index is 92.5. The maximum absolute atomic E-state index is 9.00. The molecule has 0 atom stereocenters. The van der Waals surface area contributed by atoms with E-state index in [-0.39, 0.29) is 0 Å². The van der Waals surface area contributed by atoms with Crippen molar-refractivity contribution in [1.29, 1.82) is 0 Å². The van der Waals surface area contributed by atoms with Crippen LogP contribution in [0.3, 0.4) is 0 Å². The number of rotatable bonds is 1. The molecule has 0 aromatic heterocycles. The summed E-state index contributed by atoms with van der Waals surface area (Å²) in [7, 11) is 1.60. The number of methoxy groups -OCH3 is 1. The first-order valence-corrected chi connectivity index (χ1v) is 2.39. The minimum atomic E-state index is -0.833. The fraction of sp³-hybridized carbons (Fsp3) is 0.500. The summed E-state index contributed by atoms with van der Waals surface area (Å²) >= 11 is 0. The van der Waals surface area contributed by atoms with Crippen molar-refractivity contribution in [2.24, 2.45) is 0 Å². The van der Waals surface area contributed by atoms with E-state index in [4.69, 9.17) is 9.90 Å². The quantitative estimate of drug-likeness (QED) is 0.546. The third-order valence-electron chi connectivity index (χ3n) is 0.348. The summed E-state index contributed by atoms with van der Waals surface area (Å²) in [5.74, 6) is -0.0787. The monoisotopic (exact) mass is 132 g/mol. The van der Waals surface area contributed by atoms with Gasteiger partial charge in [-0.05, 0) is 6.92 Å². The smallest absolute Gasteiger partial charge is 0.300 e. The summed E-state index contributed by atoms with van der Waals surface area (Å²) in [6.45, 7) is 6.34. The molecule has 9 heavy (non-hydrogen) atoms. The van der Waals surface area contributed by atoms with E-state index in [0.717, 1.165) is 12.7 Å². The molecular formula is C6H12O3. The molecule has 0 aromatic carbocycles. The maximum atomic E-state index is 9.00. The zero-order valence-corrected chi connectivity index (χ0v) is 5.97. The summed E-state index contributed by atoms with van der Waals surface area (Å²) in [4.78, 5) is 9.00. The molecule has 3 heteroatoms. The Kier molecular flexibility index (Phi) is 8.49. The van der Waals surface area contributed by atoms with Gasteiger partial charge in [0, 0.05) is 6.92 Å². The second kappa shape index (κ2) is 7.01. The van der Waals surface area contributed by atoms with E-state index in [0.29, 0.717) is 0 Å². The maximum Gasteiger partial charge on any atom is 0.300 e. The molecule has 54 valence electrons.